The van der Waals surface area contributed by atoms with Crippen LogP contribution in [0.4, 0.5) is 0 Å². The maximum absolute atomic E-state index is 5.45. The molecule has 7 heteroatoms. The number of nitrogens with zero attached hydrogens (tertiary/aromatic N) is 4. The molecule has 3 aromatic rings. The largest absolute Gasteiger partial charge is 0.361 e. The predicted octanol–water partition coefficient (Wildman–Crippen LogP) is 3.30. The highest BCUT2D eigenvalue weighted by Gasteiger charge is 2.13. The number of hydrogen-bond donors (Lipinski definition) is 2. The smallest absolute Gasteiger partial charge is 0.191 e. The summed E-state index contributed by atoms with van der Waals surface area (Å²) in [6.07, 6.45) is 7.29. The molecule has 2 N–H and O–H groups in total. The van der Waals surface area contributed by atoms with E-state index >= 15 is 0 Å². The molecule has 0 saturated carbocycles. The van der Waals surface area contributed by atoms with Crippen LogP contribution in [0, 0.1) is 0 Å². The standard InChI is InChI=1S/C22H30N6O/c1-4-20-19(21(5-2)29-27-20)14-26-22(24-6-3)25-13-17-7-9-18(10-8-17)15-28-12-11-23-16-28/h7-12,16H,4-6,13-15H2,1-3H3,(H2,24,25,26). The molecule has 0 saturated heterocycles. The van der Waals surface area contributed by atoms with Gasteiger partial charge in [0.1, 0.15) is 5.76 Å². The SMILES string of the molecule is CCNC(=NCc1ccc(Cn2ccnc2)cc1)NCc1c(CC)noc1CC. The minimum absolute atomic E-state index is 0.617. The van der Waals surface area contributed by atoms with Crippen molar-refractivity contribution < 1.29 is 4.52 Å². The first-order valence-corrected chi connectivity index (χ1v) is 10.3. The number of aryl methyl sites for hydroxylation is 2. The van der Waals surface area contributed by atoms with Crippen LogP contribution in [0.1, 0.15) is 48.9 Å². The van der Waals surface area contributed by atoms with Gasteiger partial charge in [-0.15, -0.1) is 0 Å². The highest BCUT2D eigenvalue weighted by Crippen LogP contribution is 2.15. The molecule has 1 aromatic carbocycles. The lowest BCUT2D eigenvalue weighted by Crippen LogP contribution is -2.37. The molecule has 0 atom stereocenters. The van der Waals surface area contributed by atoms with Crippen LogP contribution in [-0.2, 0) is 32.5 Å². The summed E-state index contributed by atoms with van der Waals surface area (Å²) in [4.78, 5) is 8.81. The molecular weight excluding hydrogens is 364 g/mol. The zero-order valence-electron chi connectivity index (χ0n) is 17.5. The molecule has 0 spiro atoms. The summed E-state index contributed by atoms with van der Waals surface area (Å²) in [5.41, 5.74) is 4.57. The van der Waals surface area contributed by atoms with Gasteiger partial charge in [0.25, 0.3) is 0 Å². The zero-order valence-corrected chi connectivity index (χ0v) is 17.5. The monoisotopic (exact) mass is 394 g/mol. The Morgan fingerprint density at radius 1 is 1.07 bits per heavy atom. The highest BCUT2D eigenvalue weighted by molar-refractivity contribution is 5.79. The molecule has 0 fully saturated rings. The van der Waals surface area contributed by atoms with Gasteiger partial charge in [0.05, 0.1) is 18.6 Å². The quantitative estimate of drug-likeness (QED) is 0.430. The van der Waals surface area contributed by atoms with Crippen molar-refractivity contribution in [1.82, 2.24) is 25.3 Å². The van der Waals surface area contributed by atoms with Gasteiger partial charge in [-0.05, 0) is 24.5 Å². The normalized spacial score (nSPS) is 11.6. The third-order valence-electron chi connectivity index (χ3n) is 4.75. The highest BCUT2D eigenvalue weighted by atomic mass is 16.5. The van der Waals surface area contributed by atoms with Gasteiger partial charge >= 0.3 is 0 Å². The van der Waals surface area contributed by atoms with Crippen molar-refractivity contribution >= 4 is 5.96 Å². The van der Waals surface area contributed by atoms with Gasteiger partial charge < -0.3 is 19.7 Å². The van der Waals surface area contributed by atoms with Gasteiger partial charge in [0.15, 0.2) is 5.96 Å². The summed E-state index contributed by atoms with van der Waals surface area (Å²) >= 11 is 0. The summed E-state index contributed by atoms with van der Waals surface area (Å²) in [7, 11) is 0. The number of nitrogens with one attached hydrogen (secondary N) is 2. The van der Waals surface area contributed by atoms with Crippen LogP contribution in [0.3, 0.4) is 0 Å². The van der Waals surface area contributed by atoms with E-state index in [2.05, 4.69) is 70.4 Å². The fraction of sp³-hybridized carbons (Fsp3) is 0.409. The van der Waals surface area contributed by atoms with Crippen LogP contribution >= 0.6 is 0 Å². The first-order chi connectivity index (χ1) is 14.2. The number of guanidine groups is 1. The minimum Gasteiger partial charge on any atom is -0.361 e. The molecule has 0 amide bonds. The van der Waals surface area contributed by atoms with Gasteiger partial charge in [-0.1, -0.05) is 43.3 Å². The molecule has 7 nitrogen and oxygen atoms in total. The maximum atomic E-state index is 5.45. The van der Waals surface area contributed by atoms with E-state index in [1.54, 1.807) is 6.20 Å². The number of aromatic nitrogens is 3. The third kappa shape index (κ3) is 5.70. The van der Waals surface area contributed by atoms with Crippen molar-refractivity contribution in [2.75, 3.05) is 6.54 Å². The number of benzene rings is 1. The maximum Gasteiger partial charge on any atom is 0.191 e. The van der Waals surface area contributed by atoms with Gasteiger partial charge in [-0.2, -0.15) is 0 Å². The average molecular weight is 395 g/mol. The van der Waals surface area contributed by atoms with Gasteiger partial charge in [0.2, 0.25) is 0 Å². The second-order valence-corrected chi connectivity index (χ2v) is 6.84. The number of aliphatic imine (C=N–C) groups is 1. The summed E-state index contributed by atoms with van der Waals surface area (Å²) in [5, 5.41) is 10.9. The Hall–Kier alpha value is -3.09. The molecule has 0 unspecified atom stereocenters. The van der Waals surface area contributed by atoms with E-state index in [0.29, 0.717) is 13.1 Å². The Morgan fingerprint density at radius 3 is 2.52 bits per heavy atom. The van der Waals surface area contributed by atoms with Crippen molar-refractivity contribution in [2.24, 2.45) is 4.99 Å². The van der Waals surface area contributed by atoms with Crippen LogP contribution in [0.15, 0.2) is 52.5 Å². The van der Waals surface area contributed by atoms with Crippen molar-refractivity contribution in [3.8, 4) is 0 Å². The molecule has 154 valence electrons. The summed E-state index contributed by atoms with van der Waals surface area (Å²) in [6, 6.07) is 8.54. The van der Waals surface area contributed by atoms with E-state index in [0.717, 1.165) is 48.9 Å². The Kier molecular flexibility index (Phi) is 7.44. The Bertz CT molecular complexity index is 875. The van der Waals surface area contributed by atoms with Gasteiger partial charge in [-0.25, -0.2) is 9.98 Å². The molecule has 0 aliphatic carbocycles. The first kappa shape index (κ1) is 20.6. The lowest BCUT2D eigenvalue weighted by atomic mass is 10.1. The van der Waals surface area contributed by atoms with E-state index in [1.807, 2.05) is 12.5 Å². The molecule has 3 rings (SSSR count). The molecule has 29 heavy (non-hydrogen) atoms. The van der Waals surface area contributed by atoms with Crippen LogP contribution in [0.5, 0.6) is 0 Å². The Morgan fingerprint density at radius 2 is 1.86 bits per heavy atom. The predicted molar refractivity (Wildman–Crippen MR) is 115 cm³/mol. The van der Waals surface area contributed by atoms with Crippen LogP contribution in [0.25, 0.3) is 0 Å². The fourth-order valence-electron chi connectivity index (χ4n) is 3.16. The average Bonchev–Trinajstić information content (AvgIpc) is 3.40. The minimum atomic E-state index is 0.617. The van der Waals surface area contributed by atoms with E-state index in [9.17, 15) is 0 Å². The molecule has 0 radical (unpaired) electrons. The second-order valence-electron chi connectivity index (χ2n) is 6.84. The molecular formula is C22H30N6O. The number of hydrogen-bond acceptors (Lipinski definition) is 4. The topological polar surface area (TPSA) is 80.3 Å². The van der Waals surface area contributed by atoms with Crippen molar-refractivity contribution in [3.05, 3.63) is 71.1 Å². The molecule has 2 heterocycles. The summed E-state index contributed by atoms with van der Waals surface area (Å²) < 4.78 is 7.51. The summed E-state index contributed by atoms with van der Waals surface area (Å²) in [6.45, 7) is 9.15. The van der Waals surface area contributed by atoms with E-state index in [1.165, 1.54) is 11.1 Å². The van der Waals surface area contributed by atoms with Gasteiger partial charge in [-0.3, -0.25) is 0 Å². The Balaban J connectivity index is 1.61. The van der Waals surface area contributed by atoms with Crippen molar-refractivity contribution in [1.29, 1.82) is 0 Å². The van der Waals surface area contributed by atoms with Crippen LogP contribution in [-0.4, -0.2) is 27.2 Å². The molecule has 0 bridgehead atoms. The van der Waals surface area contributed by atoms with E-state index in [-0.39, 0.29) is 0 Å². The Labute approximate surface area is 172 Å². The van der Waals surface area contributed by atoms with Crippen molar-refractivity contribution in [3.63, 3.8) is 0 Å². The van der Waals surface area contributed by atoms with Crippen molar-refractivity contribution in [2.45, 2.75) is 53.2 Å². The van der Waals surface area contributed by atoms with Crippen LogP contribution in [0.2, 0.25) is 0 Å². The van der Waals surface area contributed by atoms with Gasteiger partial charge in [0, 0.05) is 44.0 Å². The third-order valence-corrected chi connectivity index (χ3v) is 4.75. The number of rotatable bonds is 9. The molecule has 0 aliphatic heterocycles. The number of imidazole rings is 1. The summed E-state index contributed by atoms with van der Waals surface area (Å²) in [5.74, 6) is 1.74. The molecule has 0 aliphatic rings. The first-order valence-electron chi connectivity index (χ1n) is 10.3. The lowest BCUT2D eigenvalue weighted by molar-refractivity contribution is 0.380. The van der Waals surface area contributed by atoms with E-state index < -0.39 is 0 Å². The second kappa shape index (κ2) is 10.5. The van der Waals surface area contributed by atoms with E-state index in [4.69, 9.17) is 9.52 Å². The van der Waals surface area contributed by atoms with Crippen LogP contribution < -0.4 is 10.6 Å². The fourth-order valence-corrected chi connectivity index (χ4v) is 3.16. The zero-order chi connectivity index (χ0) is 20.5. The lowest BCUT2D eigenvalue weighted by Gasteiger charge is -2.12. The molecule has 2 aromatic heterocycles.